The Balaban J connectivity index is 0.000000261. The predicted molar refractivity (Wildman–Crippen MR) is 40.0 cm³/mol. The lowest BCUT2D eigenvalue weighted by atomic mass is 10.4. The van der Waals surface area contributed by atoms with Crippen LogP contribution in [0.2, 0.25) is 0 Å². The third kappa shape index (κ3) is 7.81. The summed E-state index contributed by atoms with van der Waals surface area (Å²) >= 11 is 0. The summed E-state index contributed by atoms with van der Waals surface area (Å²) in [5.41, 5.74) is 0. The highest BCUT2D eigenvalue weighted by molar-refractivity contribution is 4.57. The standard InChI is InChI=1S/C6H13NO.CHF3/c1-2-7-3-5-8-6-4-7;2-1(3)4/h2-6H2,1H3;1H. The van der Waals surface area contributed by atoms with E-state index < -0.39 is 6.68 Å². The molecule has 1 rings (SSSR count). The first-order chi connectivity index (χ1) is 5.66. The Labute approximate surface area is 70.3 Å². The Morgan fingerprint density at radius 3 is 1.92 bits per heavy atom. The van der Waals surface area contributed by atoms with Gasteiger partial charge in [-0.15, -0.1) is 0 Å². The lowest BCUT2D eigenvalue weighted by Crippen LogP contribution is -2.35. The Morgan fingerprint density at radius 2 is 1.67 bits per heavy atom. The highest BCUT2D eigenvalue weighted by Crippen LogP contribution is 1.93. The smallest absolute Gasteiger partial charge is 0.379 e. The maximum absolute atomic E-state index is 9.67. The van der Waals surface area contributed by atoms with Crippen LogP contribution in [0.15, 0.2) is 0 Å². The molecular weight excluding hydrogens is 171 g/mol. The Morgan fingerprint density at radius 1 is 1.25 bits per heavy atom. The molecule has 1 saturated heterocycles. The lowest BCUT2D eigenvalue weighted by Gasteiger charge is -2.24. The molecule has 1 aliphatic heterocycles. The number of hydrogen-bond donors (Lipinski definition) is 0. The molecule has 2 nitrogen and oxygen atoms in total. The van der Waals surface area contributed by atoms with Gasteiger partial charge in [-0.2, -0.15) is 13.2 Å². The molecule has 1 aliphatic rings. The molecule has 0 amide bonds. The molecule has 0 aliphatic carbocycles. The second-order valence-electron chi connectivity index (χ2n) is 2.29. The van der Waals surface area contributed by atoms with Crippen molar-refractivity contribution in [2.45, 2.75) is 13.6 Å². The molecular formula is C7H14F3NO. The van der Waals surface area contributed by atoms with E-state index >= 15 is 0 Å². The van der Waals surface area contributed by atoms with Crippen molar-refractivity contribution in [1.29, 1.82) is 0 Å². The molecule has 5 heteroatoms. The van der Waals surface area contributed by atoms with E-state index in [9.17, 15) is 13.2 Å². The molecule has 12 heavy (non-hydrogen) atoms. The van der Waals surface area contributed by atoms with Crippen LogP contribution in [0.25, 0.3) is 0 Å². The van der Waals surface area contributed by atoms with Crippen LogP contribution in [0, 0.1) is 0 Å². The molecule has 0 aromatic rings. The van der Waals surface area contributed by atoms with Gasteiger partial charge in [-0.3, -0.25) is 4.90 Å². The van der Waals surface area contributed by atoms with E-state index in [1.54, 1.807) is 0 Å². The minimum Gasteiger partial charge on any atom is -0.379 e. The van der Waals surface area contributed by atoms with Gasteiger partial charge in [0.05, 0.1) is 13.2 Å². The van der Waals surface area contributed by atoms with Crippen molar-refractivity contribution in [3.05, 3.63) is 0 Å². The first-order valence-electron chi connectivity index (χ1n) is 3.89. The zero-order valence-corrected chi connectivity index (χ0v) is 7.10. The summed E-state index contributed by atoms with van der Waals surface area (Å²) in [6, 6.07) is 0. The lowest BCUT2D eigenvalue weighted by molar-refractivity contribution is 0.00819. The van der Waals surface area contributed by atoms with Crippen LogP contribution in [0.4, 0.5) is 13.2 Å². The minimum absolute atomic E-state index is 0.924. The molecule has 0 unspecified atom stereocenters. The van der Waals surface area contributed by atoms with Crippen molar-refractivity contribution in [2.75, 3.05) is 32.8 Å². The number of rotatable bonds is 1. The monoisotopic (exact) mass is 185 g/mol. The highest BCUT2D eigenvalue weighted by Gasteiger charge is 2.05. The number of hydrogen-bond acceptors (Lipinski definition) is 2. The molecule has 0 bridgehead atoms. The zero-order valence-electron chi connectivity index (χ0n) is 7.10. The Bertz CT molecular complexity index is 93.9. The van der Waals surface area contributed by atoms with Crippen LogP contribution >= 0.6 is 0 Å². The van der Waals surface area contributed by atoms with Crippen LogP contribution in [0.1, 0.15) is 6.92 Å². The van der Waals surface area contributed by atoms with Gasteiger partial charge in [-0.1, -0.05) is 6.92 Å². The minimum atomic E-state index is -3.67. The molecule has 0 spiro atoms. The maximum atomic E-state index is 9.67. The molecule has 0 aromatic carbocycles. The fourth-order valence-electron chi connectivity index (χ4n) is 0.917. The number of nitrogens with zero attached hydrogens (tertiary/aromatic N) is 1. The number of ether oxygens (including phenoxy) is 1. The SMILES string of the molecule is CCN1CCOCC1.FC(F)F. The van der Waals surface area contributed by atoms with Crippen molar-refractivity contribution in [3.8, 4) is 0 Å². The fourth-order valence-corrected chi connectivity index (χ4v) is 0.917. The van der Waals surface area contributed by atoms with Gasteiger partial charge in [0.25, 0.3) is 0 Å². The molecule has 74 valence electrons. The van der Waals surface area contributed by atoms with Gasteiger partial charge in [0, 0.05) is 13.1 Å². The average molecular weight is 185 g/mol. The van der Waals surface area contributed by atoms with Gasteiger partial charge in [0.2, 0.25) is 0 Å². The topological polar surface area (TPSA) is 12.5 Å². The summed E-state index contributed by atoms with van der Waals surface area (Å²) in [6.45, 7) is 3.78. The van der Waals surface area contributed by atoms with E-state index in [1.165, 1.54) is 6.54 Å². The highest BCUT2D eigenvalue weighted by atomic mass is 19.4. The molecule has 0 radical (unpaired) electrons. The summed E-state index contributed by atoms with van der Waals surface area (Å²) in [6.07, 6.45) is 0. The van der Waals surface area contributed by atoms with E-state index in [0.29, 0.717) is 0 Å². The van der Waals surface area contributed by atoms with Gasteiger partial charge in [-0.05, 0) is 6.54 Å². The zero-order chi connectivity index (χ0) is 9.40. The van der Waals surface area contributed by atoms with Gasteiger partial charge in [0.15, 0.2) is 0 Å². The Hall–Kier alpha value is -0.290. The van der Waals surface area contributed by atoms with Gasteiger partial charge in [-0.25, -0.2) is 0 Å². The normalized spacial score (nSPS) is 18.8. The number of morpholine rings is 1. The van der Waals surface area contributed by atoms with Crippen LogP contribution in [0.3, 0.4) is 0 Å². The third-order valence-electron chi connectivity index (χ3n) is 1.55. The number of halogens is 3. The molecule has 1 fully saturated rings. The molecule has 1 heterocycles. The van der Waals surface area contributed by atoms with Crippen molar-refractivity contribution >= 4 is 0 Å². The van der Waals surface area contributed by atoms with E-state index in [0.717, 1.165) is 26.3 Å². The van der Waals surface area contributed by atoms with Crippen molar-refractivity contribution in [3.63, 3.8) is 0 Å². The fraction of sp³-hybridized carbons (Fsp3) is 1.00. The largest absolute Gasteiger partial charge is 0.379 e. The van der Waals surface area contributed by atoms with Crippen molar-refractivity contribution < 1.29 is 17.9 Å². The van der Waals surface area contributed by atoms with Crippen LogP contribution in [0.5, 0.6) is 0 Å². The summed E-state index contributed by atoms with van der Waals surface area (Å²) in [7, 11) is 0. The summed E-state index contributed by atoms with van der Waals surface area (Å²) < 4.78 is 34.2. The number of likely N-dealkylation sites (N-methyl/N-ethyl adjacent to an activating group) is 1. The third-order valence-corrected chi connectivity index (χ3v) is 1.55. The first-order valence-corrected chi connectivity index (χ1v) is 3.89. The second-order valence-corrected chi connectivity index (χ2v) is 2.29. The summed E-state index contributed by atoms with van der Waals surface area (Å²) in [5.74, 6) is 0. The number of alkyl halides is 3. The second kappa shape index (κ2) is 7.36. The van der Waals surface area contributed by atoms with E-state index in [-0.39, 0.29) is 0 Å². The van der Waals surface area contributed by atoms with Gasteiger partial charge in [0.1, 0.15) is 0 Å². The molecule has 0 atom stereocenters. The molecule has 0 N–H and O–H groups in total. The quantitative estimate of drug-likeness (QED) is 0.614. The van der Waals surface area contributed by atoms with Crippen molar-refractivity contribution in [1.82, 2.24) is 4.90 Å². The van der Waals surface area contributed by atoms with E-state index in [4.69, 9.17) is 4.74 Å². The van der Waals surface area contributed by atoms with Gasteiger partial charge >= 0.3 is 6.68 Å². The van der Waals surface area contributed by atoms with E-state index in [1.807, 2.05) is 0 Å². The maximum Gasteiger partial charge on any atom is 0.379 e. The molecule has 0 saturated carbocycles. The van der Waals surface area contributed by atoms with Gasteiger partial charge < -0.3 is 4.74 Å². The van der Waals surface area contributed by atoms with Crippen molar-refractivity contribution in [2.24, 2.45) is 0 Å². The summed E-state index contributed by atoms with van der Waals surface area (Å²) in [5, 5.41) is 0. The van der Waals surface area contributed by atoms with E-state index in [2.05, 4.69) is 11.8 Å². The predicted octanol–water partition coefficient (Wildman–Crippen LogP) is 1.52. The van der Waals surface area contributed by atoms with Crippen LogP contribution in [-0.4, -0.2) is 44.4 Å². The average Bonchev–Trinajstić information content (AvgIpc) is 2.05. The molecule has 0 aromatic heterocycles. The first kappa shape index (κ1) is 11.7. The Kier molecular flexibility index (Phi) is 7.19. The van der Waals surface area contributed by atoms with Crippen LogP contribution < -0.4 is 0 Å². The summed E-state index contributed by atoms with van der Waals surface area (Å²) in [4.78, 5) is 2.39. The van der Waals surface area contributed by atoms with Crippen LogP contribution in [-0.2, 0) is 4.74 Å².